The van der Waals surface area contributed by atoms with E-state index in [9.17, 15) is 10.2 Å². The van der Waals surface area contributed by atoms with Gasteiger partial charge in [-0.25, -0.2) is 0 Å². The minimum absolute atomic E-state index is 0.342. The molecule has 3 aromatic carbocycles. The Hall–Kier alpha value is -2.60. The highest BCUT2D eigenvalue weighted by Crippen LogP contribution is 2.45. The molecule has 5 rings (SSSR count). The fraction of sp³-hybridized carbons (Fsp3) is 0.385. The van der Waals surface area contributed by atoms with Crippen molar-refractivity contribution >= 4 is 10.8 Å². The lowest BCUT2D eigenvalue weighted by molar-refractivity contribution is -0.0588. The molecule has 0 aliphatic carbocycles. The molecule has 2 atom stereocenters. The summed E-state index contributed by atoms with van der Waals surface area (Å²) in [6, 6.07) is 20.0. The van der Waals surface area contributed by atoms with Gasteiger partial charge in [-0.3, -0.25) is 0 Å². The molecule has 0 aromatic heterocycles. The lowest BCUT2D eigenvalue weighted by atomic mass is 9.81. The van der Waals surface area contributed by atoms with Crippen molar-refractivity contribution in [1.82, 2.24) is 4.90 Å². The maximum Gasteiger partial charge on any atom is 0.126 e. The quantitative estimate of drug-likeness (QED) is 0.663. The molecular formula is C26H29NO4. The molecule has 3 aromatic rings. The van der Waals surface area contributed by atoms with Gasteiger partial charge in [0, 0.05) is 31.6 Å². The zero-order valence-electron chi connectivity index (χ0n) is 17.8. The molecule has 2 aliphatic heterocycles. The van der Waals surface area contributed by atoms with Gasteiger partial charge in [0.15, 0.2) is 0 Å². The van der Waals surface area contributed by atoms with Crippen molar-refractivity contribution in [3.05, 3.63) is 71.8 Å². The average molecular weight is 420 g/mol. The number of rotatable bonds is 4. The van der Waals surface area contributed by atoms with Crippen LogP contribution in [0.2, 0.25) is 0 Å². The predicted molar refractivity (Wildman–Crippen MR) is 121 cm³/mol. The number of aliphatic hydroxyl groups excluding tert-OH is 2. The number of aliphatic hydroxyl groups is 2. The second-order valence-corrected chi connectivity index (χ2v) is 8.83. The van der Waals surface area contributed by atoms with Crippen LogP contribution >= 0.6 is 0 Å². The van der Waals surface area contributed by atoms with E-state index in [1.165, 1.54) is 5.39 Å². The molecule has 1 spiro atoms. The fourth-order valence-electron chi connectivity index (χ4n) is 4.96. The minimum Gasteiger partial charge on any atom is -0.497 e. The van der Waals surface area contributed by atoms with Gasteiger partial charge in [0.25, 0.3) is 0 Å². The van der Waals surface area contributed by atoms with E-state index in [0.717, 1.165) is 53.9 Å². The molecule has 31 heavy (non-hydrogen) atoms. The Kier molecular flexibility index (Phi) is 5.34. The topological polar surface area (TPSA) is 62.2 Å². The van der Waals surface area contributed by atoms with Crippen LogP contribution in [0.1, 0.15) is 42.6 Å². The van der Waals surface area contributed by atoms with Crippen molar-refractivity contribution < 1.29 is 19.7 Å². The zero-order valence-corrected chi connectivity index (χ0v) is 17.8. The molecule has 0 radical (unpaired) electrons. The van der Waals surface area contributed by atoms with Gasteiger partial charge < -0.3 is 24.6 Å². The second kappa shape index (κ2) is 8.15. The summed E-state index contributed by atoms with van der Waals surface area (Å²) in [7, 11) is 1.63. The van der Waals surface area contributed by atoms with Crippen LogP contribution < -0.4 is 9.47 Å². The molecule has 1 fully saturated rings. The summed E-state index contributed by atoms with van der Waals surface area (Å²) in [5, 5.41) is 23.9. The van der Waals surface area contributed by atoms with Gasteiger partial charge in [-0.05, 0) is 53.4 Å². The maximum atomic E-state index is 10.8. The molecule has 5 heteroatoms. The van der Waals surface area contributed by atoms with Gasteiger partial charge >= 0.3 is 0 Å². The van der Waals surface area contributed by atoms with Crippen LogP contribution in [0.15, 0.2) is 60.7 Å². The van der Waals surface area contributed by atoms with Crippen molar-refractivity contribution in [2.75, 3.05) is 26.7 Å². The summed E-state index contributed by atoms with van der Waals surface area (Å²) in [6.07, 6.45) is 1.19. The highest BCUT2D eigenvalue weighted by molar-refractivity contribution is 5.83. The van der Waals surface area contributed by atoms with Crippen molar-refractivity contribution in [3.8, 4) is 11.5 Å². The van der Waals surface area contributed by atoms with Gasteiger partial charge in [-0.1, -0.05) is 36.4 Å². The largest absolute Gasteiger partial charge is 0.497 e. The third-order valence-electron chi connectivity index (χ3n) is 6.82. The minimum atomic E-state index is -0.548. The molecule has 162 valence electrons. The summed E-state index contributed by atoms with van der Waals surface area (Å²) in [4.78, 5) is 2.30. The molecule has 0 bridgehead atoms. The van der Waals surface area contributed by atoms with Crippen LogP contribution in [0.3, 0.4) is 0 Å². The third kappa shape index (κ3) is 4.01. The van der Waals surface area contributed by atoms with E-state index in [1.54, 1.807) is 7.11 Å². The first kappa shape index (κ1) is 20.3. The first-order chi connectivity index (χ1) is 15.0. The number of β-amino-alcohol motifs (C(OH)–C–C–N with tert-alkyl or cyclic N) is 1. The van der Waals surface area contributed by atoms with Crippen LogP contribution in [-0.2, 0) is 0 Å². The monoisotopic (exact) mass is 419 g/mol. The lowest BCUT2D eigenvalue weighted by Gasteiger charge is -2.46. The number of methoxy groups -OCH3 is 1. The number of fused-ring (bicyclic) bond motifs is 2. The Morgan fingerprint density at radius 1 is 1.06 bits per heavy atom. The first-order valence-electron chi connectivity index (χ1n) is 11.0. The van der Waals surface area contributed by atoms with E-state index in [-0.39, 0.29) is 5.60 Å². The SMILES string of the molecule is COc1ccc2c(c1)[C@@H](O)CC1(CCN(C[C@@H](O)c3ccc4ccccc4c3)CC1)O2. The highest BCUT2D eigenvalue weighted by atomic mass is 16.5. The number of likely N-dealkylation sites (tertiary alicyclic amines) is 1. The smallest absolute Gasteiger partial charge is 0.126 e. The number of nitrogens with zero attached hydrogens (tertiary/aromatic N) is 1. The molecular weight excluding hydrogens is 390 g/mol. The highest BCUT2D eigenvalue weighted by Gasteiger charge is 2.43. The number of ether oxygens (including phenoxy) is 2. The molecule has 0 saturated carbocycles. The lowest BCUT2D eigenvalue weighted by Crippen LogP contribution is -2.51. The van der Waals surface area contributed by atoms with Crippen molar-refractivity contribution in [2.45, 2.75) is 37.1 Å². The average Bonchev–Trinajstić information content (AvgIpc) is 2.80. The summed E-state index contributed by atoms with van der Waals surface area (Å²) >= 11 is 0. The molecule has 5 nitrogen and oxygen atoms in total. The number of benzene rings is 3. The maximum absolute atomic E-state index is 10.8. The van der Waals surface area contributed by atoms with Gasteiger partial charge in [0.2, 0.25) is 0 Å². The summed E-state index contributed by atoms with van der Waals surface area (Å²) in [5.74, 6) is 1.49. The number of hydrogen-bond donors (Lipinski definition) is 2. The van der Waals surface area contributed by atoms with Crippen LogP contribution in [0.5, 0.6) is 11.5 Å². The van der Waals surface area contributed by atoms with E-state index in [0.29, 0.717) is 13.0 Å². The second-order valence-electron chi connectivity index (χ2n) is 8.83. The Labute approximate surface area is 182 Å². The Balaban J connectivity index is 1.23. The molecule has 2 heterocycles. The zero-order chi connectivity index (χ0) is 21.4. The van der Waals surface area contributed by atoms with E-state index >= 15 is 0 Å². The number of hydrogen-bond acceptors (Lipinski definition) is 5. The normalized spacial score (nSPS) is 21.5. The van der Waals surface area contributed by atoms with Crippen LogP contribution in [0, 0.1) is 0 Å². The van der Waals surface area contributed by atoms with Gasteiger partial charge in [0.1, 0.15) is 17.1 Å². The Morgan fingerprint density at radius 3 is 2.61 bits per heavy atom. The van der Waals surface area contributed by atoms with E-state index in [1.807, 2.05) is 36.4 Å². The standard InChI is InChI=1S/C26H29NO4/c1-30-21-8-9-25-22(15-21)23(28)16-26(31-25)10-12-27(13-11-26)17-24(29)20-7-6-18-4-2-3-5-19(18)14-20/h2-9,14-15,23-24,28-29H,10-13,16-17H2,1H3/t23-,24+/m0/s1. The van der Waals surface area contributed by atoms with Crippen LogP contribution in [0.25, 0.3) is 10.8 Å². The van der Waals surface area contributed by atoms with Crippen LogP contribution in [0.4, 0.5) is 0 Å². The molecule has 0 unspecified atom stereocenters. The van der Waals surface area contributed by atoms with E-state index < -0.39 is 12.2 Å². The van der Waals surface area contributed by atoms with Crippen molar-refractivity contribution in [3.63, 3.8) is 0 Å². The molecule has 1 saturated heterocycles. The Bertz CT molecular complexity index is 1070. The summed E-state index contributed by atoms with van der Waals surface area (Å²) in [6.45, 7) is 2.27. The van der Waals surface area contributed by atoms with E-state index in [4.69, 9.17) is 9.47 Å². The summed E-state index contributed by atoms with van der Waals surface area (Å²) in [5.41, 5.74) is 1.41. The van der Waals surface area contributed by atoms with Gasteiger partial charge in [-0.15, -0.1) is 0 Å². The van der Waals surface area contributed by atoms with Gasteiger partial charge in [-0.2, -0.15) is 0 Å². The molecule has 2 aliphatic rings. The third-order valence-corrected chi connectivity index (χ3v) is 6.82. The predicted octanol–water partition coefficient (Wildman–Crippen LogP) is 4.23. The van der Waals surface area contributed by atoms with Crippen molar-refractivity contribution in [2.24, 2.45) is 0 Å². The molecule has 2 N–H and O–H groups in total. The van der Waals surface area contributed by atoms with E-state index in [2.05, 4.69) is 29.2 Å². The first-order valence-corrected chi connectivity index (χ1v) is 11.0. The fourth-order valence-corrected chi connectivity index (χ4v) is 4.96. The van der Waals surface area contributed by atoms with Crippen LogP contribution in [-0.4, -0.2) is 47.5 Å². The number of piperidine rings is 1. The summed E-state index contributed by atoms with van der Waals surface area (Å²) < 4.78 is 11.7. The van der Waals surface area contributed by atoms with Crippen molar-refractivity contribution in [1.29, 1.82) is 0 Å². The van der Waals surface area contributed by atoms with Gasteiger partial charge in [0.05, 0.1) is 19.3 Å². The molecule has 0 amide bonds. The Morgan fingerprint density at radius 2 is 1.84 bits per heavy atom.